The molecular formula is C28H25F2NO5. The quantitative estimate of drug-likeness (QED) is 0.274. The van der Waals surface area contributed by atoms with E-state index in [4.69, 9.17) is 9.47 Å². The first kappa shape index (κ1) is 24.9. The van der Waals surface area contributed by atoms with E-state index in [0.717, 1.165) is 22.6 Å². The largest absolute Gasteiger partial charge is 0.507 e. The van der Waals surface area contributed by atoms with Crippen LogP contribution in [0.3, 0.4) is 0 Å². The number of Topliss-reactive ketones (excluding diaryl/α,β-unsaturated/α-hetero) is 1. The van der Waals surface area contributed by atoms with Gasteiger partial charge in [-0.1, -0.05) is 23.8 Å². The van der Waals surface area contributed by atoms with Crippen molar-refractivity contribution in [1.82, 2.24) is 0 Å². The molecule has 186 valence electrons. The fourth-order valence-corrected chi connectivity index (χ4v) is 4.34. The molecule has 0 radical (unpaired) electrons. The molecule has 1 atom stereocenters. The fraction of sp³-hybridized carbons (Fsp3) is 0.214. The van der Waals surface area contributed by atoms with Gasteiger partial charge < -0.3 is 14.6 Å². The fourth-order valence-electron chi connectivity index (χ4n) is 4.34. The lowest BCUT2D eigenvalue weighted by molar-refractivity contribution is -0.132. The van der Waals surface area contributed by atoms with Gasteiger partial charge in [0.1, 0.15) is 17.4 Å². The Morgan fingerprint density at radius 3 is 2.42 bits per heavy atom. The number of aryl methyl sites for hydroxylation is 2. The first-order valence-corrected chi connectivity index (χ1v) is 11.3. The van der Waals surface area contributed by atoms with E-state index in [2.05, 4.69) is 0 Å². The first-order valence-electron chi connectivity index (χ1n) is 11.3. The van der Waals surface area contributed by atoms with Crippen LogP contribution in [-0.2, 0) is 9.59 Å². The van der Waals surface area contributed by atoms with Crippen LogP contribution in [0.4, 0.5) is 14.5 Å². The lowest BCUT2D eigenvalue weighted by atomic mass is 9.93. The summed E-state index contributed by atoms with van der Waals surface area (Å²) in [6.45, 7) is 5.69. The zero-order valence-electron chi connectivity index (χ0n) is 20.3. The molecule has 3 aromatic carbocycles. The molecule has 1 unspecified atom stereocenters. The zero-order valence-corrected chi connectivity index (χ0v) is 20.3. The van der Waals surface area contributed by atoms with Gasteiger partial charge in [-0.15, -0.1) is 0 Å². The van der Waals surface area contributed by atoms with Gasteiger partial charge in [-0.25, -0.2) is 8.78 Å². The number of carbonyl (C=O) groups excluding carboxylic acids is 2. The van der Waals surface area contributed by atoms with Crippen LogP contribution in [0, 0.1) is 25.5 Å². The average Bonchev–Trinajstić information content (AvgIpc) is 3.10. The summed E-state index contributed by atoms with van der Waals surface area (Å²) in [5, 5.41) is 11.4. The summed E-state index contributed by atoms with van der Waals surface area (Å²) in [5.41, 5.74) is 1.74. The zero-order chi connectivity index (χ0) is 26.1. The van der Waals surface area contributed by atoms with Crippen LogP contribution in [0.25, 0.3) is 5.76 Å². The van der Waals surface area contributed by atoms with Crippen LogP contribution in [-0.4, -0.2) is 30.5 Å². The molecule has 4 rings (SSSR count). The summed E-state index contributed by atoms with van der Waals surface area (Å²) in [6.07, 6.45) is 0. The Morgan fingerprint density at radius 1 is 1.00 bits per heavy atom. The molecule has 0 spiro atoms. The first-order chi connectivity index (χ1) is 17.2. The van der Waals surface area contributed by atoms with Crippen molar-refractivity contribution >= 4 is 23.1 Å². The third kappa shape index (κ3) is 4.30. The Bertz CT molecular complexity index is 1400. The highest BCUT2D eigenvalue weighted by Crippen LogP contribution is 2.45. The van der Waals surface area contributed by atoms with E-state index in [0.29, 0.717) is 40.9 Å². The Balaban J connectivity index is 2.02. The standard InChI is InChI=1S/C28H25F2NO5/c1-5-36-23-13-17(8-11-22(23)35-4)25-24(26(32)19-12-15(2)6-7-16(19)3)27(33)28(34)31(25)21-10-9-18(29)14-20(21)30/h6-14,25,32H,5H2,1-4H3/b26-24+. The molecule has 0 saturated carbocycles. The molecule has 1 aliphatic heterocycles. The predicted molar refractivity (Wildman–Crippen MR) is 131 cm³/mol. The molecule has 1 fully saturated rings. The molecule has 1 aliphatic rings. The molecule has 1 heterocycles. The Morgan fingerprint density at radius 2 is 1.75 bits per heavy atom. The van der Waals surface area contributed by atoms with Gasteiger partial charge in [0.05, 0.1) is 31.0 Å². The summed E-state index contributed by atoms with van der Waals surface area (Å²) in [5.74, 6) is -3.52. The Kier molecular flexibility index (Phi) is 6.79. The summed E-state index contributed by atoms with van der Waals surface area (Å²) in [4.78, 5) is 27.5. The molecule has 0 aliphatic carbocycles. The number of methoxy groups -OCH3 is 1. The normalized spacial score (nSPS) is 16.9. The number of aliphatic hydroxyl groups is 1. The number of hydrogen-bond donors (Lipinski definition) is 1. The van der Waals surface area contributed by atoms with Crippen LogP contribution in [0.2, 0.25) is 0 Å². The highest BCUT2D eigenvalue weighted by atomic mass is 19.1. The second-order valence-electron chi connectivity index (χ2n) is 8.43. The van der Waals surface area contributed by atoms with Crippen molar-refractivity contribution in [1.29, 1.82) is 0 Å². The third-order valence-electron chi connectivity index (χ3n) is 6.07. The number of ketones is 1. The SMILES string of the molecule is CCOc1cc(C2/C(=C(\O)c3cc(C)ccc3C)C(=O)C(=O)N2c2ccc(F)cc2F)ccc1OC. The van der Waals surface area contributed by atoms with Gasteiger partial charge in [0, 0.05) is 11.6 Å². The molecule has 36 heavy (non-hydrogen) atoms. The van der Waals surface area contributed by atoms with Crippen molar-refractivity contribution < 1.29 is 33.0 Å². The lowest BCUT2D eigenvalue weighted by Crippen LogP contribution is -2.30. The van der Waals surface area contributed by atoms with Crippen molar-refractivity contribution in [3.8, 4) is 11.5 Å². The molecule has 3 aromatic rings. The van der Waals surface area contributed by atoms with Gasteiger partial charge in [0.2, 0.25) is 0 Å². The van der Waals surface area contributed by atoms with Crippen molar-refractivity contribution in [2.75, 3.05) is 18.6 Å². The highest BCUT2D eigenvalue weighted by molar-refractivity contribution is 6.51. The molecule has 8 heteroatoms. The van der Waals surface area contributed by atoms with Gasteiger partial charge in [-0.3, -0.25) is 14.5 Å². The van der Waals surface area contributed by atoms with E-state index in [-0.39, 0.29) is 11.3 Å². The number of ether oxygens (including phenoxy) is 2. The van der Waals surface area contributed by atoms with Crippen molar-refractivity contribution in [3.63, 3.8) is 0 Å². The van der Waals surface area contributed by atoms with Crippen molar-refractivity contribution in [2.24, 2.45) is 0 Å². The van der Waals surface area contributed by atoms with Crippen LogP contribution in [0.1, 0.15) is 35.2 Å². The number of amides is 1. The van der Waals surface area contributed by atoms with Crippen molar-refractivity contribution in [3.05, 3.63) is 94.1 Å². The summed E-state index contributed by atoms with van der Waals surface area (Å²) in [6, 6.07) is 11.6. The highest BCUT2D eigenvalue weighted by Gasteiger charge is 2.48. The minimum Gasteiger partial charge on any atom is -0.507 e. The smallest absolute Gasteiger partial charge is 0.300 e. The van der Waals surface area contributed by atoms with E-state index in [1.54, 1.807) is 44.2 Å². The lowest BCUT2D eigenvalue weighted by Gasteiger charge is -2.26. The second-order valence-corrected chi connectivity index (χ2v) is 8.43. The second kappa shape index (κ2) is 9.81. The van der Waals surface area contributed by atoms with E-state index >= 15 is 0 Å². The van der Waals surface area contributed by atoms with E-state index in [9.17, 15) is 23.5 Å². The topological polar surface area (TPSA) is 76.1 Å². The summed E-state index contributed by atoms with van der Waals surface area (Å²) < 4.78 is 39.6. The van der Waals surface area contributed by atoms with E-state index in [1.165, 1.54) is 7.11 Å². The maximum Gasteiger partial charge on any atom is 0.300 e. The van der Waals surface area contributed by atoms with Crippen LogP contribution < -0.4 is 14.4 Å². The van der Waals surface area contributed by atoms with Gasteiger partial charge in [0.15, 0.2) is 11.5 Å². The number of hydrogen-bond acceptors (Lipinski definition) is 5. The third-order valence-corrected chi connectivity index (χ3v) is 6.07. The summed E-state index contributed by atoms with van der Waals surface area (Å²) >= 11 is 0. The van der Waals surface area contributed by atoms with Gasteiger partial charge in [-0.2, -0.15) is 0 Å². The average molecular weight is 494 g/mol. The van der Waals surface area contributed by atoms with Gasteiger partial charge in [0.25, 0.3) is 11.7 Å². The van der Waals surface area contributed by atoms with E-state index in [1.807, 2.05) is 13.0 Å². The molecule has 6 nitrogen and oxygen atoms in total. The van der Waals surface area contributed by atoms with E-state index < -0.39 is 35.1 Å². The number of anilines is 1. The number of nitrogens with zero attached hydrogens (tertiary/aromatic N) is 1. The Labute approximate surface area is 207 Å². The number of benzene rings is 3. The number of carbonyl (C=O) groups is 2. The molecule has 0 bridgehead atoms. The summed E-state index contributed by atoms with van der Waals surface area (Å²) in [7, 11) is 1.47. The van der Waals surface area contributed by atoms with Crippen LogP contribution in [0.5, 0.6) is 11.5 Å². The molecular weight excluding hydrogens is 468 g/mol. The number of rotatable bonds is 6. The van der Waals surface area contributed by atoms with Gasteiger partial charge in [-0.05, 0) is 62.2 Å². The predicted octanol–water partition coefficient (Wildman–Crippen LogP) is 5.62. The molecule has 0 aromatic heterocycles. The number of halogens is 2. The maximum absolute atomic E-state index is 14.9. The van der Waals surface area contributed by atoms with Crippen LogP contribution in [0.15, 0.2) is 60.2 Å². The maximum atomic E-state index is 14.9. The Hall–Kier alpha value is -4.20. The van der Waals surface area contributed by atoms with Gasteiger partial charge >= 0.3 is 0 Å². The molecule has 1 N–H and O–H groups in total. The van der Waals surface area contributed by atoms with Crippen molar-refractivity contribution in [2.45, 2.75) is 26.8 Å². The minimum absolute atomic E-state index is 0.218. The van der Waals surface area contributed by atoms with Crippen LogP contribution >= 0.6 is 0 Å². The minimum atomic E-state index is -1.21. The monoisotopic (exact) mass is 493 g/mol. The molecule has 1 saturated heterocycles. The molecule has 1 amide bonds. The number of aliphatic hydroxyl groups excluding tert-OH is 1.